The fourth-order valence-electron chi connectivity index (χ4n) is 0.978. The molecule has 0 bridgehead atoms. The smallest absolute Gasteiger partial charge is 0.254 e. The van der Waals surface area contributed by atoms with Crippen molar-refractivity contribution in [1.29, 1.82) is 0 Å². The number of aromatic nitrogens is 2. The second kappa shape index (κ2) is 2.25. The van der Waals surface area contributed by atoms with E-state index in [1.807, 2.05) is 0 Å². The van der Waals surface area contributed by atoms with Gasteiger partial charge in [0.25, 0.3) is 6.20 Å². The molecule has 1 aromatic rings. The minimum absolute atomic E-state index is 0.0682. The summed E-state index contributed by atoms with van der Waals surface area (Å²) in [7, 11) is 0. The van der Waals surface area contributed by atoms with Crippen molar-refractivity contribution in [2.24, 2.45) is 0 Å². The maximum Gasteiger partial charge on any atom is 0.254 e. The van der Waals surface area contributed by atoms with Crippen LogP contribution in [0, 0.1) is 4.91 Å². The topological polar surface area (TPSA) is 71.9 Å². The van der Waals surface area contributed by atoms with Gasteiger partial charge < -0.3 is 5.73 Å². The molecule has 0 saturated heterocycles. The lowest BCUT2D eigenvalue weighted by molar-refractivity contribution is -0.319. The Kier molecular flexibility index (Phi) is 1.34. The number of halogens is 1. The van der Waals surface area contributed by atoms with Gasteiger partial charge in [0.15, 0.2) is 5.35 Å². The predicted molar refractivity (Wildman–Crippen MR) is 43.3 cm³/mol. The number of hydrogen-bond acceptors (Lipinski definition) is 4. The van der Waals surface area contributed by atoms with Crippen LogP contribution in [0.4, 0.5) is 5.95 Å². The molecular weight excluding hydrogens is 180 g/mol. The van der Waals surface area contributed by atoms with E-state index in [-0.39, 0.29) is 11.1 Å². The highest BCUT2D eigenvalue weighted by Crippen LogP contribution is 1.96. The van der Waals surface area contributed by atoms with Gasteiger partial charge in [-0.25, -0.2) is 9.97 Å². The van der Waals surface area contributed by atoms with E-state index in [1.165, 1.54) is 12.4 Å². The van der Waals surface area contributed by atoms with Gasteiger partial charge in [0.2, 0.25) is 12.1 Å². The maximum atomic E-state index is 10.8. The number of hydrogen-bond donors (Lipinski definition) is 1. The third-order valence-corrected chi connectivity index (χ3v) is 1.74. The van der Waals surface area contributed by atoms with Gasteiger partial charge in [-0.1, -0.05) is 11.6 Å². The molecule has 0 atom stereocenters. The molecule has 1 aliphatic rings. The Hall–Kier alpha value is -1.49. The summed E-state index contributed by atoms with van der Waals surface area (Å²) in [5.41, 5.74) is 5.32. The van der Waals surface area contributed by atoms with Crippen LogP contribution in [-0.4, -0.2) is 14.7 Å². The lowest BCUT2D eigenvalue weighted by Crippen LogP contribution is -2.28. The summed E-state index contributed by atoms with van der Waals surface area (Å²) in [6.45, 7) is 0. The van der Waals surface area contributed by atoms with Gasteiger partial charge in [0.1, 0.15) is 10.4 Å². The minimum Gasteiger partial charge on any atom is -0.368 e. The summed E-state index contributed by atoms with van der Waals surface area (Å²) in [6, 6.07) is 0. The van der Waals surface area contributed by atoms with Crippen molar-refractivity contribution in [3.63, 3.8) is 0 Å². The van der Waals surface area contributed by atoms with E-state index in [9.17, 15) is 4.91 Å². The van der Waals surface area contributed by atoms with E-state index in [4.69, 9.17) is 17.3 Å². The first-order chi connectivity index (χ1) is 5.66. The van der Waals surface area contributed by atoms with Crippen molar-refractivity contribution >= 4 is 29.9 Å². The van der Waals surface area contributed by atoms with Crippen molar-refractivity contribution < 1.29 is 4.76 Å². The molecule has 0 unspecified atom stereocenters. The molecule has 60 valence electrons. The summed E-state index contributed by atoms with van der Waals surface area (Å²) < 4.78 is 0.616. The standard InChI is InChI=1S/C6H4ClN4O/c7-5-3-1-11(12)2-4(3)9-6(8)10-5/h1-2H,(H2,8,9)/q+1. The third kappa shape index (κ3) is 0.947. The molecule has 0 aliphatic carbocycles. The van der Waals surface area contributed by atoms with Crippen molar-refractivity contribution in [3.8, 4) is 0 Å². The lowest BCUT2D eigenvalue weighted by atomic mass is 10.5. The summed E-state index contributed by atoms with van der Waals surface area (Å²) >= 11 is 5.69. The van der Waals surface area contributed by atoms with Gasteiger partial charge in [-0.3, -0.25) is 0 Å². The van der Waals surface area contributed by atoms with Crippen molar-refractivity contribution in [2.45, 2.75) is 0 Å². The highest BCUT2D eigenvalue weighted by Gasteiger charge is 2.14. The monoisotopic (exact) mass is 183 g/mol. The minimum atomic E-state index is 0.0682. The Morgan fingerprint density at radius 3 is 2.92 bits per heavy atom. The fraction of sp³-hybridized carbons (Fsp3) is 0. The Bertz CT molecular complexity index is 481. The van der Waals surface area contributed by atoms with Gasteiger partial charge in [0.05, 0.1) is 4.76 Å². The van der Waals surface area contributed by atoms with Crippen LogP contribution < -0.4 is 16.3 Å². The Morgan fingerprint density at radius 1 is 1.42 bits per heavy atom. The van der Waals surface area contributed by atoms with Crippen LogP contribution in [0.15, 0.2) is 0 Å². The normalized spacial score (nSPS) is 13.6. The van der Waals surface area contributed by atoms with Crippen molar-refractivity contribution in [3.05, 3.63) is 20.6 Å². The molecule has 0 saturated carbocycles. The molecule has 2 rings (SSSR count). The lowest BCUT2D eigenvalue weighted by Gasteiger charge is -1.89. The molecule has 0 fully saturated rings. The van der Waals surface area contributed by atoms with Crippen LogP contribution in [-0.2, 0) is 0 Å². The molecule has 0 radical (unpaired) electrons. The molecule has 0 aromatic carbocycles. The van der Waals surface area contributed by atoms with Crippen LogP contribution in [0.25, 0.3) is 12.4 Å². The molecule has 2 N–H and O–H groups in total. The van der Waals surface area contributed by atoms with Crippen LogP contribution in [0.2, 0.25) is 5.15 Å². The number of nitrogen functional groups attached to an aromatic ring is 1. The van der Waals surface area contributed by atoms with Crippen LogP contribution in [0.5, 0.6) is 0 Å². The van der Waals surface area contributed by atoms with E-state index >= 15 is 0 Å². The third-order valence-electron chi connectivity index (χ3n) is 1.45. The average Bonchev–Trinajstić information content (AvgIpc) is 2.29. The molecule has 5 nitrogen and oxygen atoms in total. The molecule has 0 spiro atoms. The zero-order valence-corrected chi connectivity index (χ0v) is 6.62. The van der Waals surface area contributed by atoms with Gasteiger partial charge >= 0.3 is 0 Å². The predicted octanol–water partition coefficient (Wildman–Crippen LogP) is -1.02. The number of rotatable bonds is 0. The van der Waals surface area contributed by atoms with E-state index in [1.54, 1.807) is 0 Å². The fourth-order valence-corrected chi connectivity index (χ4v) is 1.21. The molecule has 1 aliphatic heterocycles. The maximum absolute atomic E-state index is 10.8. The molecule has 6 heteroatoms. The largest absolute Gasteiger partial charge is 0.368 e. The van der Waals surface area contributed by atoms with Gasteiger partial charge in [0, 0.05) is 4.91 Å². The summed E-state index contributed by atoms with van der Waals surface area (Å²) in [6.07, 6.45) is 2.59. The quantitative estimate of drug-likeness (QED) is 0.413. The average molecular weight is 184 g/mol. The molecule has 2 heterocycles. The zero-order valence-electron chi connectivity index (χ0n) is 5.86. The van der Waals surface area contributed by atoms with Crippen LogP contribution >= 0.6 is 11.6 Å². The molecule has 0 amide bonds. The van der Waals surface area contributed by atoms with E-state index < -0.39 is 0 Å². The van der Waals surface area contributed by atoms with Gasteiger partial charge in [-0.15, -0.1) is 0 Å². The Labute approximate surface area is 71.8 Å². The number of anilines is 1. The number of nitroso groups, excluding NO2 is 1. The SMILES string of the molecule is Nc1nc(Cl)c2c(n1)=C[N+](=O)C=2. The van der Waals surface area contributed by atoms with Crippen molar-refractivity contribution in [2.75, 3.05) is 5.73 Å². The summed E-state index contributed by atoms with van der Waals surface area (Å²) in [5.74, 6) is 0.0682. The van der Waals surface area contributed by atoms with Gasteiger partial charge in [-0.05, 0) is 0 Å². The van der Waals surface area contributed by atoms with Crippen molar-refractivity contribution in [1.82, 2.24) is 9.97 Å². The number of fused-ring (bicyclic) bond motifs is 1. The second-order valence-electron chi connectivity index (χ2n) is 2.29. The molecular formula is C6H4ClN4O+. The number of nitrogens with zero attached hydrogens (tertiary/aromatic N) is 3. The first kappa shape index (κ1) is 7.17. The first-order valence-electron chi connectivity index (χ1n) is 3.15. The first-order valence-corrected chi connectivity index (χ1v) is 3.53. The summed E-state index contributed by atoms with van der Waals surface area (Å²) in [5, 5.41) is 1.18. The molecule has 1 aromatic heterocycles. The second-order valence-corrected chi connectivity index (χ2v) is 2.65. The molecule has 12 heavy (non-hydrogen) atoms. The highest BCUT2D eigenvalue weighted by atomic mass is 35.5. The zero-order chi connectivity index (χ0) is 8.72. The Balaban J connectivity index is 2.95. The van der Waals surface area contributed by atoms with E-state index in [0.29, 0.717) is 15.3 Å². The van der Waals surface area contributed by atoms with Crippen LogP contribution in [0.1, 0.15) is 0 Å². The van der Waals surface area contributed by atoms with Crippen LogP contribution in [0.3, 0.4) is 0 Å². The van der Waals surface area contributed by atoms with E-state index in [0.717, 1.165) is 0 Å². The van der Waals surface area contributed by atoms with E-state index in [2.05, 4.69) is 9.97 Å². The highest BCUT2D eigenvalue weighted by molar-refractivity contribution is 6.29. The summed E-state index contributed by atoms with van der Waals surface area (Å²) in [4.78, 5) is 18.3. The Morgan fingerprint density at radius 2 is 2.17 bits per heavy atom. The van der Waals surface area contributed by atoms with Gasteiger partial charge in [-0.2, -0.15) is 0 Å². The number of nitrogens with two attached hydrogens (primary N) is 1.